The predicted octanol–water partition coefficient (Wildman–Crippen LogP) is 1.61. The van der Waals surface area contributed by atoms with Crippen molar-refractivity contribution in [1.29, 1.82) is 0 Å². The molecule has 1 aromatic carbocycles. The van der Waals surface area contributed by atoms with Gasteiger partial charge in [-0.25, -0.2) is 14.5 Å². The third-order valence-corrected chi connectivity index (χ3v) is 6.99. The Kier molecular flexibility index (Phi) is 7.07. The van der Waals surface area contributed by atoms with Crippen LogP contribution in [0.3, 0.4) is 0 Å². The van der Waals surface area contributed by atoms with Crippen molar-refractivity contribution in [3.05, 3.63) is 36.7 Å². The van der Waals surface area contributed by atoms with Gasteiger partial charge in [-0.05, 0) is 19.1 Å². The molecule has 0 amide bonds. The Balaban J connectivity index is 1.49. The van der Waals surface area contributed by atoms with Gasteiger partial charge in [-0.2, -0.15) is 10.1 Å². The van der Waals surface area contributed by atoms with E-state index < -0.39 is 38.2 Å². The van der Waals surface area contributed by atoms with Gasteiger partial charge in [0.25, 0.3) is 0 Å². The summed E-state index contributed by atoms with van der Waals surface area (Å²) >= 11 is 4.25. The maximum atomic E-state index is 13.3. The number of carboxylic acids is 1. The van der Waals surface area contributed by atoms with E-state index in [1.807, 2.05) is 0 Å². The first-order valence-electron chi connectivity index (χ1n) is 10.2. The number of nitrogens with one attached hydrogen (secondary N) is 1. The lowest BCUT2D eigenvalue weighted by Gasteiger charge is -2.24. The first-order valence-corrected chi connectivity index (χ1v) is 12.2. The van der Waals surface area contributed by atoms with Crippen LogP contribution in [0.1, 0.15) is 19.6 Å². The average Bonchev–Trinajstić information content (AvgIpc) is 3.36. The number of carboxylic acid groups (broad SMARTS) is 1. The molecule has 0 spiro atoms. The fourth-order valence-electron chi connectivity index (χ4n) is 3.34. The van der Waals surface area contributed by atoms with Crippen LogP contribution in [0.2, 0.25) is 0 Å². The van der Waals surface area contributed by atoms with Crippen molar-refractivity contribution in [2.45, 2.75) is 42.8 Å². The first-order chi connectivity index (χ1) is 16.1. The average molecular weight is 510 g/mol. The summed E-state index contributed by atoms with van der Waals surface area (Å²) in [5.41, 5.74) is 6.51. The molecule has 3 aromatic rings. The van der Waals surface area contributed by atoms with Crippen LogP contribution in [0.15, 0.2) is 41.7 Å². The molecule has 5 N–H and O–H groups in total. The molecule has 1 saturated heterocycles. The summed E-state index contributed by atoms with van der Waals surface area (Å²) in [5, 5.41) is 22.4. The van der Waals surface area contributed by atoms with Gasteiger partial charge in [0.15, 0.2) is 5.65 Å². The van der Waals surface area contributed by atoms with Crippen molar-refractivity contribution >= 4 is 43.5 Å². The monoisotopic (exact) mass is 510 g/mol. The van der Waals surface area contributed by atoms with Crippen LogP contribution in [0.25, 0.3) is 11.2 Å². The lowest BCUT2D eigenvalue weighted by Crippen LogP contribution is -2.35. The van der Waals surface area contributed by atoms with E-state index in [2.05, 4.69) is 32.7 Å². The maximum absolute atomic E-state index is 13.3. The van der Waals surface area contributed by atoms with Crippen LogP contribution in [-0.4, -0.2) is 60.6 Å². The zero-order chi connectivity index (χ0) is 24.5. The van der Waals surface area contributed by atoms with E-state index in [0.717, 1.165) is 0 Å². The number of hydrogen-bond acceptors (Lipinski definition) is 11. The number of nitrogen functional groups attached to an aromatic ring is 1. The highest BCUT2D eigenvalue weighted by molar-refractivity contribution is 7.80. The number of nitrogens with zero attached hydrogens (tertiary/aromatic N) is 4. The summed E-state index contributed by atoms with van der Waals surface area (Å²) in [6.07, 6.45) is -0.922. The second kappa shape index (κ2) is 9.86. The number of aliphatic hydroxyl groups is 1. The van der Waals surface area contributed by atoms with Crippen LogP contribution in [0.5, 0.6) is 5.75 Å². The number of rotatable bonds is 9. The zero-order valence-corrected chi connectivity index (χ0v) is 19.7. The van der Waals surface area contributed by atoms with Gasteiger partial charge in [-0.1, -0.05) is 18.2 Å². The molecular weight excluding hydrogens is 487 g/mol. The summed E-state index contributed by atoms with van der Waals surface area (Å²) < 4.78 is 31.8. The van der Waals surface area contributed by atoms with Crippen molar-refractivity contribution in [1.82, 2.24) is 24.6 Å². The molecular formula is C19H23N6O7PS. The Labute approximate surface area is 199 Å². The third-order valence-electron chi connectivity index (χ3n) is 5.03. The number of thiol groups is 1. The smallest absolute Gasteiger partial charge is 0.459 e. The molecule has 1 aliphatic heterocycles. The molecule has 5 atom stereocenters. The molecule has 2 unspecified atom stereocenters. The van der Waals surface area contributed by atoms with Crippen LogP contribution < -0.4 is 15.3 Å². The Bertz CT molecular complexity index is 1230. The third kappa shape index (κ3) is 5.32. The van der Waals surface area contributed by atoms with Gasteiger partial charge >= 0.3 is 13.7 Å². The highest BCUT2D eigenvalue weighted by atomic mass is 32.1. The molecule has 1 fully saturated rings. The molecule has 182 valence electrons. The summed E-state index contributed by atoms with van der Waals surface area (Å²) in [5.74, 6) is -1.02. The molecule has 0 saturated carbocycles. The van der Waals surface area contributed by atoms with Gasteiger partial charge in [0, 0.05) is 6.42 Å². The Morgan fingerprint density at radius 2 is 2.15 bits per heavy atom. The van der Waals surface area contributed by atoms with Crippen molar-refractivity contribution in [2.75, 3.05) is 12.3 Å². The number of ether oxygens (including phenoxy) is 1. The molecule has 0 radical (unpaired) electrons. The minimum atomic E-state index is -4.15. The molecule has 15 heteroatoms. The van der Waals surface area contributed by atoms with Gasteiger partial charge in [0.05, 0.1) is 19.0 Å². The van der Waals surface area contributed by atoms with Gasteiger partial charge in [-0.15, -0.1) is 12.6 Å². The topological polar surface area (TPSA) is 184 Å². The summed E-state index contributed by atoms with van der Waals surface area (Å²) in [6.45, 7) is 0.958. The lowest BCUT2D eigenvalue weighted by molar-refractivity contribution is -0.138. The number of hydrogen-bond donors (Lipinski definition) is 5. The van der Waals surface area contributed by atoms with E-state index in [4.69, 9.17) is 19.5 Å². The van der Waals surface area contributed by atoms with E-state index in [1.54, 1.807) is 34.9 Å². The van der Waals surface area contributed by atoms with Crippen LogP contribution in [-0.2, 0) is 18.6 Å². The van der Waals surface area contributed by atoms with E-state index in [9.17, 15) is 19.6 Å². The number of nitrogens with two attached hydrogens (primary N) is 1. The number of aromatic nitrogens is 4. The molecule has 34 heavy (non-hydrogen) atoms. The Morgan fingerprint density at radius 1 is 1.41 bits per heavy atom. The molecule has 4 rings (SSSR count). The first kappa shape index (κ1) is 24.4. The van der Waals surface area contributed by atoms with Crippen molar-refractivity contribution in [2.24, 2.45) is 0 Å². The number of carbonyl (C=O) groups is 1. The quantitative estimate of drug-likeness (QED) is 0.159. The Hall–Kier alpha value is -2.74. The van der Waals surface area contributed by atoms with Crippen LogP contribution in [0, 0.1) is 0 Å². The van der Waals surface area contributed by atoms with Gasteiger partial charge in [-0.3, -0.25) is 13.9 Å². The molecule has 3 heterocycles. The number of fused-ring (bicyclic) bond motifs is 1. The summed E-state index contributed by atoms with van der Waals surface area (Å²) in [4.78, 5) is 23.6. The highest BCUT2D eigenvalue weighted by Gasteiger charge is 2.39. The van der Waals surface area contributed by atoms with E-state index in [-0.39, 0.29) is 24.7 Å². The SMILES string of the molecule is CC(NP(=O)(OC[C@H]1O[C@@H](n2cnc3c(S)nc(N)nc32)C[C@@H]1O)Oc1ccccc1)C(=O)O. The number of para-hydroxylation sites is 1. The largest absolute Gasteiger partial charge is 0.480 e. The zero-order valence-electron chi connectivity index (χ0n) is 17.9. The number of anilines is 1. The van der Waals surface area contributed by atoms with Gasteiger partial charge in [0.1, 0.15) is 34.7 Å². The summed E-state index contributed by atoms with van der Waals surface area (Å²) in [7, 11) is -4.15. The summed E-state index contributed by atoms with van der Waals surface area (Å²) in [6, 6.07) is 6.94. The van der Waals surface area contributed by atoms with Crippen molar-refractivity contribution < 1.29 is 33.4 Å². The number of aliphatic hydroxyl groups excluding tert-OH is 1. The van der Waals surface area contributed by atoms with Crippen LogP contribution >= 0.6 is 20.4 Å². The minimum absolute atomic E-state index is 0.00954. The lowest BCUT2D eigenvalue weighted by atomic mass is 10.2. The normalized spacial score (nSPS) is 23.0. The molecule has 0 bridgehead atoms. The van der Waals surface area contributed by atoms with Crippen molar-refractivity contribution in [3.8, 4) is 5.75 Å². The van der Waals surface area contributed by atoms with Crippen LogP contribution in [0.4, 0.5) is 5.95 Å². The highest BCUT2D eigenvalue weighted by Crippen LogP contribution is 2.46. The second-order valence-corrected chi connectivity index (χ2v) is 9.67. The number of imidazole rings is 1. The fraction of sp³-hybridized carbons (Fsp3) is 0.368. The molecule has 0 aliphatic carbocycles. The van der Waals surface area contributed by atoms with Crippen molar-refractivity contribution in [3.63, 3.8) is 0 Å². The van der Waals surface area contributed by atoms with Gasteiger partial charge < -0.3 is 25.2 Å². The fourth-order valence-corrected chi connectivity index (χ4v) is 5.11. The maximum Gasteiger partial charge on any atom is 0.459 e. The minimum Gasteiger partial charge on any atom is -0.480 e. The van der Waals surface area contributed by atoms with E-state index >= 15 is 0 Å². The molecule has 13 nitrogen and oxygen atoms in total. The standard InChI is InChI=1S/C19H23N6O7PS/c1-10(18(27)28)24-33(29,32-11-5-3-2-4-6-11)30-8-13-12(26)7-14(31-13)25-9-21-15-16(25)22-19(20)23-17(15)34/h2-6,9-10,12-14,26H,7-8H2,1H3,(H,24,29)(H,27,28)(H3,20,22,23,34)/t10?,12-,13+,14+,33?/m0/s1. The number of aliphatic carboxylic acids is 1. The van der Waals surface area contributed by atoms with E-state index in [1.165, 1.54) is 13.3 Å². The Morgan fingerprint density at radius 3 is 2.85 bits per heavy atom. The molecule has 1 aliphatic rings. The van der Waals surface area contributed by atoms with Gasteiger partial charge in [0.2, 0.25) is 5.95 Å². The van der Waals surface area contributed by atoms with E-state index in [0.29, 0.717) is 16.2 Å². The second-order valence-electron chi connectivity index (χ2n) is 7.55. The number of benzene rings is 1. The molecule has 2 aromatic heterocycles. The predicted molar refractivity (Wildman–Crippen MR) is 122 cm³/mol.